The van der Waals surface area contributed by atoms with E-state index in [9.17, 15) is 19.5 Å². The van der Waals surface area contributed by atoms with Crippen molar-refractivity contribution in [2.45, 2.75) is 6.29 Å². The van der Waals surface area contributed by atoms with Gasteiger partial charge in [0.2, 0.25) is 6.29 Å². The van der Waals surface area contributed by atoms with Crippen molar-refractivity contribution in [3.63, 3.8) is 0 Å². The zero-order valence-electron chi connectivity index (χ0n) is 10.2. The Labute approximate surface area is 130 Å². The van der Waals surface area contributed by atoms with E-state index >= 15 is 0 Å². The standard InChI is InChI=1S/C14H5IO6/c15-7-3-6-8-4(11(16)20-13(6)18)1-2-5-9(8)10(7)14(19)21-12(5)17/h1-3,13,18H. The van der Waals surface area contributed by atoms with Gasteiger partial charge in [-0.25, -0.2) is 14.4 Å². The van der Waals surface area contributed by atoms with Crippen molar-refractivity contribution in [1.82, 2.24) is 0 Å². The lowest BCUT2D eigenvalue weighted by Gasteiger charge is -2.26. The minimum absolute atomic E-state index is 0.199. The summed E-state index contributed by atoms with van der Waals surface area (Å²) < 4.78 is 10.1. The Morgan fingerprint density at radius 3 is 2.38 bits per heavy atom. The summed E-state index contributed by atoms with van der Waals surface area (Å²) in [4.78, 5) is 35.7. The van der Waals surface area contributed by atoms with Crippen LogP contribution >= 0.6 is 22.6 Å². The highest BCUT2D eigenvalue weighted by atomic mass is 127. The monoisotopic (exact) mass is 396 g/mol. The third-order valence-electron chi connectivity index (χ3n) is 3.58. The van der Waals surface area contributed by atoms with E-state index in [1.807, 2.05) is 22.6 Å². The van der Waals surface area contributed by atoms with Gasteiger partial charge in [0.05, 0.1) is 16.7 Å². The van der Waals surface area contributed by atoms with Crippen molar-refractivity contribution < 1.29 is 29.0 Å². The Morgan fingerprint density at radius 1 is 1.00 bits per heavy atom. The number of benzene rings is 2. The number of aliphatic hydroxyl groups excluding tert-OH is 1. The maximum absolute atomic E-state index is 12.0. The molecule has 1 unspecified atom stereocenters. The maximum Gasteiger partial charge on any atom is 0.347 e. The topological polar surface area (TPSA) is 89.9 Å². The van der Waals surface area contributed by atoms with Gasteiger partial charge >= 0.3 is 17.9 Å². The summed E-state index contributed by atoms with van der Waals surface area (Å²) in [7, 11) is 0. The second-order valence-corrected chi connectivity index (χ2v) is 5.83. The largest absolute Gasteiger partial charge is 0.428 e. The Morgan fingerprint density at radius 2 is 1.67 bits per heavy atom. The molecule has 0 spiro atoms. The fourth-order valence-electron chi connectivity index (χ4n) is 2.72. The first-order chi connectivity index (χ1) is 9.99. The predicted octanol–water partition coefficient (Wildman–Crippen LogP) is 1.92. The molecule has 2 heterocycles. The van der Waals surface area contributed by atoms with Crippen LogP contribution in [0.4, 0.5) is 0 Å². The Bertz CT molecular complexity index is 885. The summed E-state index contributed by atoms with van der Waals surface area (Å²) in [6.45, 7) is 0. The number of halogens is 1. The van der Waals surface area contributed by atoms with Crippen LogP contribution in [0.1, 0.15) is 42.9 Å². The zero-order valence-corrected chi connectivity index (χ0v) is 12.3. The van der Waals surface area contributed by atoms with E-state index in [1.165, 1.54) is 12.1 Å². The number of cyclic esters (lactones) is 3. The van der Waals surface area contributed by atoms with Gasteiger partial charge in [-0.2, -0.15) is 0 Å². The van der Waals surface area contributed by atoms with Crippen molar-refractivity contribution >= 4 is 51.3 Å². The number of carbonyl (C=O) groups excluding carboxylic acids is 3. The first-order valence-corrected chi connectivity index (χ1v) is 7.01. The SMILES string of the molecule is O=C1OC(O)c2cc(I)c3c4c(ccc1c24)C(=O)OC3=O. The third-order valence-corrected chi connectivity index (χ3v) is 4.43. The van der Waals surface area contributed by atoms with E-state index in [-0.39, 0.29) is 16.7 Å². The molecule has 0 bridgehead atoms. The van der Waals surface area contributed by atoms with Crippen molar-refractivity contribution in [1.29, 1.82) is 0 Å². The van der Waals surface area contributed by atoms with Crippen molar-refractivity contribution in [2.75, 3.05) is 0 Å². The smallest absolute Gasteiger partial charge is 0.347 e. The second-order valence-electron chi connectivity index (χ2n) is 4.67. The molecular formula is C14H5IO6. The first kappa shape index (κ1) is 12.7. The van der Waals surface area contributed by atoms with Gasteiger partial charge in [-0.15, -0.1) is 0 Å². The fraction of sp³-hybridized carbons (Fsp3) is 0.0714. The fourth-order valence-corrected chi connectivity index (χ4v) is 3.54. The Hall–Kier alpha value is -2.00. The Kier molecular flexibility index (Phi) is 2.43. The quantitative estimate of drug-likeness (QED) is 0.416. The van der Waals surface area contributed by atoms with E-state index in [4.69, 9.17) is 9.47 Å². The van der Waals surface area contributed by atoms with E-state index in [1.54, 1.807) is 6.07 Å². The number of hydrogen-bond donors (Lipinski definition) is 1. The number of aliphatic hydroxyl groups is 1. The molecule has 1 N–H and O–H groups in total. The van der Waals surface area contributed by atoms with Gasteiger partial charge in [-0.05, 0) is 40.8 Å². The molecule has 4 rings (SSSR count). The highest BCUT2D eigenvalue weighted by Gasteiger charge is 2.36. The molecule has 0 amide bonds. The van der Waals surface area contributed by atoms with Gasteiger partial charge < -0.3 is 14.6 Å². The van der Waals surface area contributed by atoms with E-state index in [0.717, 1.165) is 0 Å². The average Bonchev–Trinajstić information content (AvgIpc) is 2.42. The average molecular weight is 396 g/mol. The molecule has 7 heteroatoms. The predicted molar refractivity (Wildman–Crippen MR) is 76.8 cm³/mol. The van der Waals surface area contributed by atoms with Crippen LogP contribution in [0.15, 0.2) is 18.2 Å². The van der Waals surface area contributed by atoms with Crippen LogP contribution < -0.4 is 0 Å². The minimum atomic E-state index is -1.42. The van der Waals surface area contributed by atoms with E-state index in [0.29, 0.717) is 19.9 Å². The molecule has 2 aliphatic rings. The van der Waals surface area contributed by atoms with E-state index in [2.05, 4.69) is 0 Å². The summed E-state index contributed by atoms with van der Waals surface area (Å²) in [6.07, 6.45) is -1.42. The Balaban J connectivity index is 2.30. The van der Waals surface area contributed by atoms with Gasteiger partial charge in [0.1, 0.15) is 0 Å². The summed E-state index contributed by atoms with van der Waals surface area (Å²) in [5, 5.41) is 10.6. The number of rotatable bonds is 0. The van der Waals surface area contributed by atoms with Crippen molar-refractivity contribution in [3.8, 4) is 0 Å². The summed E-state index contributed by atoms with van der Waals surface area (Å²) >= 11 is 1.92. The van der Waals surface area contributed by atoms with Crippen LogP contribution in [-0.4, -0.2) is 23.0 Å². The molecule has 2 aromatic carbocycles. The lowest BCUT2D eigenvalue weighted by Crippen LogP contribution is -2.25. The number of esters is 3. The summed E-state index contributed by atoms with van der Waals surface area (Å²) in [6, 6.07) is 4.41. The highest BCUT2D eigenvalue weighted by molar-refractivity contribution is 14.1. The molecular weight excluding hydrogens is 391 g/mol. The molecule has 0 aromatic heterocycles. The van der Waals surface area contributed by atoms with Gasteiger partial charge in [0.15, 0.2) is 0 Å². The van der Waals surface area contributed by atoms with Crippen LogP contribution in [0, 0.1) is 3.57 Å². The lowest BCUT2D eigenvalue weighted by atomic mass is 9.89. The molecule has 2 aliphatic heterocycles. The molecule has 1 atom stereocenters. The molecule has 0 fully saturated rings. The van der Waals surface area contributed by atoms with E-state index < -0.39 is 24.2 Å². The van der Waals surface area contributed by atoms with Crippen LogP contribution in [0.25, 0.3) is 10.8 Å². The van der Waals surface area contributed by atoms with Crippen LogP contribution in [0.5, 0.6) is 0 Å². The first-order valence-electron chi connectivity index (χ1n) is 5.93. The van der Waals surface area contributed by atoms with Gasteiger partial charge in [0.25, 0.3) is 0 Å². The molecule has 0 saturated carbocycles. The number of hydrogen-bond acceptors (Lipinski definition) is 6. The third kappa shape index (κ3) is 1.52. The lowest BCUT2D eigenvalue weighted by molar-refractivity contribution is -0.0687. The van der Waals surface area contributed by atoms with Crippen LogP contribution in [0.2, 0.25) is 0 Å². The van der Waals surface area contributed by atoms with Gasteiger partial charge in [-0.3, -0.25) is 0 Å². The normalized spacial score (nSPS) is 19.5. The van der Waals surface area contributed by atoms with Gasteiger partial charge in [-0.1, -0.05) is 0 Å². The molecule has 2 aromatic rings. The molecule has 0 saturated heterocycles. The van der Waals surface area contributed by atoms with Crippen molar-refractivity contribution in [2.24, 2.45) is 0 Å². The molecule has 0 aliphatic carbocycles. The van der Waals surface area contributed by atoms with Crippen molar-refractivity contribution in [3.05, 3.63) is 44.0 Å². The summed E-state index contributed by atoms with van der Waals surface area (Å²) in [5.74, 6) is -2.21. The maximum atomic E-state index is 12.0. The molecule has 0 radical (unpaired) electrons. The second kappa shape index (κ2) is 4.01. The number of carbonyl (C=O) groups is 3. The van der Waals surface area contributed by atoms with Gasteiger partial charge in [0, 0.05) is 19.9 Å². The minimum Gasteiger partial charge on any atom is -0.428 e. The molecule has 104 valence electrons. The molecule has 6 nitrogen and oxygen atoms in total. The number of ether oxygens (including phenoxy) is 2. The summed E-state index contributed by atoms with van der Waals surface area (Å²) in [5.41, 5.74) is 1.00. The van der Waals surface area contributed by atoms with Crippen LogP contribution in [0.3, 0.4) is 0 Å². The highest BCUT2D eigenvalue weighted by Crippen LogP contribution is 2.41. The molecule has 21 heavy (non-hydrogen) atoms. The van der Waals surface area contributed by atoms with Crippen LogP contribution in [-0.2, 0) is 9.47 Å². The zero-order chi connectivity index (χ0) is 14.9.